The number of anilines is 4. The molecule has 0 radical (unpaired) electrons. The zero-order chi connectivity index (χ0) is 96.1. The van der Waals surface area contributed by atoms with Gasteiger partial charge < -0.3 is 134 Å². The zero-order valence-electron chi connectivity index (χ0n) is 75.7. The smallest absolute Gasteiger partial charge is 0.320 e. The average molecular weight is 1950 g/mol. The molecule has 0 atom stereocenters. The number of halogens is 3. The number of alkyl halides is 1. The number of azide groups is 2. The SMILES string of the molecule is C.CC1(C)OCC(CCBr)CO1.CC1(C)OCC(CCO)CO1.CC1(C)OCC(CCn2cnc3c(Cl)nc(N)nc32)CO1.CC1(C)OCC(CCn2cnc3c(N=[N+]=[N-])nc(N)nc32)CO1.CCOC(=O)CC(C(=O)OCC)C(=O)OCC.COC(C)(C)OC.Nc1nc(Cl)c2[nH]cnc2n1.OCCC(CO)CO.[N-]=[N+]=Nc1nc(N)nc2c1ncn2CCC(CO)CO. The minimum atomic E-state index is -1.24. The van der Waals surface area contributed by atoms with Gasteiger partial charge in [-0.15, -0.1) is 0 Å². The van der Waals surface area contributed by atoms with Crippen molar-refractivity contribution < 1.29 is 107 Å². The lowest BCUT2D eigenvalue weighted by atomic mass is 10.1. The lowest BCUT2D eigenvalue weighted by molar-refractivity contribution is -0.263. The maximum absolute atomic E-state index is 11.5. The third kappa shape index (κ3) is 40.9. The van der Waals surface area contributed by atoms with Crippen molar-refractivity contribution in [3.8, 4) is 0 Å². The Morgan fingerprint density at radius 2 is 0.877 bits per heavy atom. The summed E-state index contributed by atoms with van der Waals surface area (Å²) < 4.78 is 73.7. The van der Waals surface area contributed by atoms with E-state index in [1.165, 1.54) is 12.7 Å². The van der Waals surface area contributed by atoms with Crippen molar-refractivity contribution in [3.05, 3.63) is 56.5 Å². The quantitative estimate of drug-likeness (QED) is 0.00230. The molecule has 0 amide bonds. The Bertz CT molecular complexity index is 4670. The van der Waals surface area contributed by atoms with Gasteiger partial charge >= 0.3 is 17.9 Å². The Hall–Kier alpha value is -9.15. The second-order valence-corrected chi connectivity index (χ2v) is 32.6. The number of aryl methyl sites for hydroxylation is 3. The number of aromatic nitrogens is 16. The second kappa shape index (κ2) is 58.7. The van der Waals surface area contributed by atoms with E-state index in [2.05, 4.69) is 106 Å². The molecule has 4 fully saturated rings. The van der Waals surface area contributed by atoms with Crippen LogP contribution in [0.4, 0.5) is 35.4 Å². The second-order valence-electron chi connectivity index (χ2n) is 31.1. The highest BCUT2D eigenvalue weighted by atomic mass is 79.9. The van der Waals surface area contributed by atoms with E-state index >= 15 is 0 Å². The summed E-state index contributed by atoms with van der Waals surface area (Å²) in [7, 11) is 3.23. The molecule has 12 heterocycles. The van der Waals surface area contributed by atoms with E-state index in [0.29, 0.717) is 139 Å². The number of nitrogens with two attached hydrogens (primary N) is 4. The van der Waals surface area contributed by atoms with Crippen LogP contribution in [0, 0.1) is 41.4 Å². The van der Waals surface area contributed by atoms with Crippen molar-refractivity contribution in [2.75, 3.05) is 155 Å². The first-order valence-corrected chi connectivity index (χ1v) is 43.3. The van der Waals surface area contributed by atoms with Crippen LogP contribution in [-0.2, 0) is 95.6 Å². The first-order chi connectivity index (χ1) is 61.2. The Morgan fingerprint density at radius 3 is 1.23 bits per heavy atom. The molecule has 0 unspecified atom stereocenters. The van der Waals surface area contributed by atoms with Crippen molar-refractivity contribution in [2.24, 2.45) is 51.7 Å². The fourth-order valence-electron chi connectivity index (χ4n) is 11.1. The number of imidazole rings is 4. The van der Waals surface area contributed by atoms with Crippen LogP contribution in [0.2, 0.25) is 10.3 Å². The molecule has 0 aliphatic carbocycles. The zero-order valence-corrected chi connectivity index (χ0v) is 78.8. The molecule has 51 heteroatoms. The Balaban J connectivity index is 0.000000386. The van der Waals surface area contributed by atoms with Gasteiger partial charge in [0.05, 0.1) is 104 Å². The molecular weight excluding hydrogens is 1820 g/mol. The highest BCUT2D eigenvalue weighted by molar-refractivity contribution is 9.09. The molecule has 0 bridgehead atoms. The summed E-state index contributed by atoms with van der Waals surface area (Å²) in [6.07, 6.45) is 10.7. The van der Waals surface area contributed by atoms with Gasteiger partial charge in [0.15, 0.2) is 79.4 Å². The van der Waals surface area contributed by atoms with Crippen LogP contribution in [0.5, 0.6) is 0 Å². The van der Waals surface area contributed by atoms with Crippen LogP contribution in [-0.4, -0.2) is 288 Å². The highest BCUT2D eigenvalue weighted by Crippen LogP contribution is 2.30. The molecule has 8 aromatic heterocycles. The minimum Gasteiger partial charge on any atom is -0.466 e. The fraction of sp³-hybridized carbons (Fsp3) is 0.709. The first-order valence-electron chi connectivity index (χ1n) is 41.4. The highest BCUT2D eigenvalue weighted by Gasteiger charge is 2.35. The number of methoxy groups -OCH3 is 2. The Kier molecular flexibility index (Phi) is 51.9. The van der Waals surface area contributed by atoms with Gasteiger partial charge in [-0.2, -0.15) is 29.9 Å². The van der Waals surface area contributed by atoms with Crippen LogP contribution in [0.15, 0.2) is 35.5 Å². The van der Waals surface area contributed by atoms with Crippen LogP contribution >= 0.6 is 39.1 Å². The summed E-state index contributed by atoms with van der Waals surface area (Å²) >= 11 is 15.1. The van der Waals surface area contributed by atoms with Gasteiger partial charge in [-0.3, -0.25) is 14.4 Å². The molecule has 48 nitrogen and oxygen atoms in total. The molecule has 15 N–H and O–H groups in total. The number of H-pyrrole nitrogens is 1. The molecular formula is C79H131BrCl2N26O22. The lowest BCUT2D eigenvalue weighted by Gasteiger charge is -2.35. The molecule has 0 aromatic carbocycles. The van der Waals surface area contributed by atoms with Gasteiger partial charge in [0.1, 0.15) is 22.1 Å². The van der Waals surface area contributed by atoms with Gasteiger partial charge in [-0.25, -0.2) is 29.9 Å². The summed E-state index contributed by atoms with van der Waals surface area (Å²) in [5.74, 6) is -3.79. The standard InChI is InChI=1S/C13H18ClN5O2.C13H18N8O2.C11H18O6.C10H14N8O2.C8H15BrO2.C8H16O3.C5H4ClN5.C5H12O3.C5H12O2.CH4/c1-13(2)20-5-8(6-21-13)3-4-19-7-16-9-10(14)17-12(15)18-11(9)19;1-13(2)22-5-8(6-23-13)3-4-21-7-16-9-10(19-20-15)17-12(14)18-11(9)21;1-4-15-9(12)7-8(10(13)16-5-2)11(14)17-6-3;11-10-14-8(16-17-12)7-9(15-10)18(5-13-7)2-1-6(3-19)4-20;2*1-8(2)10-5-7(3-4-9)6-11-8;6-3-2-4(9-1-8-2)11-5(7)10-3;6-2-1-5(3-7)4-8;1-5(2,6-3)7-4;/h7-8H,3-6H2,1-2H3,(H2,15,17,18);7-8H,3-6H2,1-2H3,(H2,14,17,18);8H,4-7H2,1-3H3;5-6,19-20H,1-4H2,(H2,11,14,15);7H,3-6H2,1-2H3;7,9H,3-6H2,1-2H3;1H,(H3,7,8,9,10,11);5-8H,1-4H2;1-4H3;1H4. The van der Waals surface area contributed by atoms with Crippen molar-refractivity contribution >= 4 is 137 Å². The predicted molar refractivity (Wildman–Crippen MR) is 485 cm³/mol. The average Bonchev–Trinajstić information content (AvgIpc) is 1.66. The number of ether oxygens (including phenoxy) is 13. The molecule has 12 rings (SSSR count). The number of hydrogen-bond acceptors (Lipinski definition) is 40. The first kappa shape index (κ1) is 115. The van der Waals surface area contributed by atoms with E-state index in [1.54, 1.807) is 52.2 Å². The van der Waals surface area contributed by atoms with E-state index in [0.717, 1.165) is 50.8 Å². The lowest BCUT2D eigenvalue weighted by Crippen LogP contribution is -2.39. The van der Waals surface area contributed by atoms with E-state index < -0.39 is 47.0 Å². The van der Waals surface area contributed by atoms with Crippen LogP contribution in [0.3, 0.4) is 0 Å². The molecule has 0 spiro atoms. The number of aromatic amines is 1. The van der Waals surface area contributed by atoms with Gasteiger partial charge in [0.2, 0.25) is 23.8 Å². The van der Waals surface area contributed by atoms with Gasteiger partial charge in [0.25, 0.3) is 0 Å². The molecule has 8 aromatic rings. The number of rotatable bonds is 30. The largest absolute Gasteiger partial charge is 0.466 e. The van der Waals surface area contributed by atoms with Crippen molar-refractivity contribution in [1.82, 2.24) is 78.5 Å². The Morgan fingerprint density at radius 1 is 0.523 bits per heavy atom. The summed E-state index contributed by atoms with van der Waals surface area (Å²) in [4.78, 5) is 90.4. The third-order valence-electron chi connectivity index (χ3n) is 19.0. The van der Waals surface area contributed by atoms with Crippen molar-refractivity contribution in [2.45, 2.75) is 191 Å². The van der Waals surface area contributed by atoms with Crippen molar-refractivity contribution in [1.29, 1.82) is 0 Å². The number of nitrogen functional groups attached to an aromatic ring is 4. The number of hydrogen-bond donors (Lipinski definition) is 11. The van der Waals surface area contributed by atoms with Gasteiger partial charge in [-0.1, -0.05) is 46.6 Å². The number of aliphatic hydroxyl groups is 6. The summed E-state index contributed by atoms with van der Waals surface area (Å²) in [6.45, 7) is 32.1. The van der Waals surface area contributed by atoms with Crippen LogP contribution in [0.1, 0.15) is 142 Å². The van der Waals surface area contributed by atoms with Gasteiger partial charge in [-0.05, 0) is 150 Å². The predicted octanol–water partition coefficient (Wildman–Crippen LogP) is 9.16. The number of aliphatic hydroxyl groups excluding tert-OH is 6. The van der Waals surface area contributed by atoms with Crippen LogP contribution < -0.4 is 22.9 Å². The molecule has 130 heavy (non-hydrogen) atoms. The fourth-order valence-corrected chi connectivity index (χ4v) is 12.2. The van der Waals surface area contributed by atoms with E-state index in [-0.39, 0.29) is 132 Å². The number of nitrogens with zero attached hydrogens (tertiary/aromatic N) is 21. The number of fused-ring (bicyclic) bond motifs is 4. The monoisotopic (exact) mass is 1940 g/mol. The van der Waals surface area contributed by atoms with Crippen molar-refractivity contribution in [3.63, 3.8) is 0 Å². The summed E-state index contributed by atoms with van der Waals surface area (Å²) in [5, 5.41) is 60.3. The van der Waals surface area contributed by atoms with E-state index in [4.69, 9.17) is 145 Å². The number of esters is 3. The number of carbonyl (C=O) groups excluding carboxylic acids is 3. The maximum atomic E-state index is 11.5. The molecule has 0 saturated carbocycles. The number of carbonyl (C=O) groups is 3. The van der Waals surface area contributed by atoms with Gasteiger partial charge in [0, 0.05) is 124 Å². The van der Waals surface area contributed by atoms with E-state index in [9.17, 15) is 14.4 Å². The topological polar surface area (TPSA) is 679 Å². The summed E-state index contributed by atoms with van der Waals surface area (Å²) in [5.41, 5.74) is 43.4. The minimum absolute atomic E-state index is 0. The molecule has 4 aliphatic rings. The van der Waals surface area contributed by atoms with E-state index in [1.807, 2.05) is 78.4 Å². The summed E-state index contributed by atoms with van der Waals surface area (Å²) in [6, 6.07) is 0. The Labute approximate surface area is 772 Å². The maximum Gasteiger partial charge on any atom is 0.320 e. The molecule has 4 saturated heterocycles. The molecule has 4 aliphatic heterocycles. The van der Waals surface area contributed by atoms with Crippen LogP contribution in [0.25, 0.3) is 65.5 Å². The third-order valence-corrected chi connectivity index (χ3v) is 20.0. The number of nitrogens with one attached hydrogen (secondary N) is 1. The normalized spacial score (nSPS) is 15.7. The molecule has 730 valence electrons.